The smallest absolute Gasteiger partial charge is 0.253 e. The minimum atomic E-state index is -0.630. The molecule has 0 bridgehead atoms. The molecule has 1 aliphatic heterocycles. The molecule has 0 radical (unpaired) electrons. The van der Waals surface area contributed by atoms with Crippen LogP contribution in [-0.2, 0) is 4.79 Å². The van der Waals surface area contributed by atoms with Crippen molar-refractivity contribution in [1.29, 1.82) is 0 Å². The number of rotatable bonds is 8. The van der Waals surface area contributed by atoms with E-state index in [2.05, 4.69) is 40.0 Å². The molecule has 0 saturated carbocycles. The number of likely N-dealkylation sites (tertiary alicyclic amines) is 1. The van der Waals surface area contributed by atoms with Gasteiger partial charge in [0.2, 0.25) is 5.91 Å². The van der Waals surface area contributed by atoms with E-state index in [1.54, 1.807) is 35.6 Å². The van der Waals surface area contributed by atoms with Crippen LogP contribution in [-0.4, -0.2) is 42.4 Å². The van der Waals surface area contributed by atoms with E-state index in [1.165, 1.54) is 17.7 Å². The first-order valence-corrected chi connectivity index (χ1v) is 12.2. The Morgan fingerprint density at radius 2 is 1.87 bits per heavy atom. The second kappa shape index (κ2) is 11.1. The average molecular weight is 462 g/mol. The number of benzene rings is 1. The zero-order valence-electron chi connectivity index (χ0n) is 18.4. The lowest BCUT2D eigenvalue weighted by Crippen LogP contribution is -2.51. The van der Waals surface area contributed by atoms with Crippen LogP contribution in [0.3, 0.4) is 0 Å². The SMILES string of the molecule is CC1CCN([C@@H](CNC(=O)[C@H](NC(=O)c2ccccc2Cl)C(C)C)c2cccs2)CC1. The predicted octanol–water partition coefficient (Wildman–Crippen LogP) is 4.75. The Balaban J connectivity index is 1.66. The monoisotopic (exact) mass is 461 g/mol. The van der Waals surface area contributed by atoms with Gasteiger partial charge in [-0.05, 0) is 61.3 Å². The van der Waals surface area contributed by atoms with Crippen LogP contribution in [0.5, 0.6) is 0 Å². The molecule has 2 N–H and O–H groups in total. The zero-order chi connectivity index (χ0) is 22.4. The Morgan fingerprint density at radius 3 is 2.48 bits per heavy atom. The van der Waals surface area contributed by atoms with Gasteiger partial charge >= 0.3 is 0 Å². The molecule has 0 unspecified atom stereocenters. The van der Waals surface area contributed by atoms with Crippen molar-refractivity contribution in [3.8, 4) is 0 Å². The van der Waals surface area contributed by atoms with Crippen LogP contribution in [0.15, 0.2) is 41.8 Å². The lowest BCUT2D eigenvalue weighted by Gasteiger charge is -2.36. The van der Waals surface area contributed by atoms with E-state index < -0.39 is 6.04 Å². The van der Waals surface area contributed by atoms with Crippen LogP contribution in [0.4, 0.5) is 0 Å². The van der Waals surface area contributed by atoms with Gasteiger partial charge < -0.3 is 10.6 Å². The molecular weight excluding hydrogens is 430 g/mol. The van der Waals surface area contributed by atoms with Gasteiger partial charge in [-0.1, -0.05) is 50.6 Å². The molecule has 0 aliphatic carbocycles. The number of nitrogens with zero attached hydrogens (tertiary/aromatic N) is 1. The van der Waals surface area contributed by atoms with Crippen molar-refractivity contribution in [2.24, 2.45) is 11.8 Å². The van der Waals surface area contributed by atoms with Crippen molar-refractivity contribution in [3.63, 3.8) is 0 Å². The number of nitrogens with one attached hydrogen (secondary N) is 2. The largest absolute Gasteiger partial charge is 0.352 e. The summed E-state index contributed by atoms with van der Waals surface area (Å²) in [5.74, 6) is 0.198. The topological polar surface area (TPSA) is 61.4 Å². The fourth-order valence-electron chi connectivity index (χ4n) is 3.94. The maximum absolute atomic E-state index is 13.1. The first-order valence-electron chi connectivity index (χ1n) is 11.0. The molecule has 1 aromatic heterocycles. The fourth-order valence-corrected chi connectivity index (χ4v) is 5.02. The van der Waals surface area contributed by atoms with Gasteiger partial charge in [-0.25, -0.2) is 0 Å². The van der Waals surface area contributed by atoms with Crippen molar-refractivity contribution in [1.82, 2.24) is 15.5 Å². The molecule has 2 amide bonds. The van der Waals surface area contributed by atoms with Crippen molar-refractivity contribution >= 4 is 34.8 Å². The highest BCUT2D eigenvalue weighted by Crippen LogP contribution is 2.29. The van der Waals surface area contributed by atoms with Crippen LogP contribution < -0.4 is 10.6 Å². The molecule has 5 nitrogen and oxygen atoms in total. The molecule has 7 heteroatoms. The minimum absolute atomic E-state index is 0.0533. The summed E-state index contributed by atoms with van der Waals surface area (Å²) >= 11 is 7.88. The lowest BCUT2D eigenvalue weighted by atomic mass is 9.97. The van der Waals surface area contributed by atoms with E-state index in [1.807, 2.05) is 13.8 Å². The van der Waals surface area contributed by atoms with E-state index in [9.17, 15) is 9.59 Å². The number of hydrogen-bond donors (Lipinski definition) is 2. The summed E-state index contributed by atoms with van der Waals surface area (Å²) < 4.78 is 0. The maximum atomic E-state index is 13.1. The first kappa shape index (κ1) is 23.8. The van der Waals surface area contributed by atoms with E-state index in [0.717, 1.165) is 19.0 Å². The molecule has 0 spiro atoms. The number of halogens is 1. The van der Waals surface area contributed by atoms with Gasteiger partial charge in [0.1, 0.15) is 6.04 Å². The second-order valence-electron chi connectivity index (χ2n) is 8.67. The average Bonchev–Trinajstić information content (AvgIpc) is 3.27. The molecule has 3 rings (SSSR count). The molecule has 2 heterocycles. The Hall–Kier alpha value is -1.89. The van der Waals surface area contributed by atoms with Crippen LogP contribution in [0.1, 0.15) is 54.9 Å². The Labute approximate surface area is 194 Å². The minimum Gasteiger partial charge on any atom is -0.352 e. The van der Waals surface area contributed by atoms with E-state index >= 15 is 0 Å². The highest BCUT2D eigenvalue weighted by molar-refractivity contribution is 7.10. The molecule has 168 valence electrons. The number of amides is 2. The molecule has 1 aliphatic rings. The van der Waals surface area contributed by atoms with Crippen LogP contribution >= 0.6 is 22.9 Å². The number of carbonyl (C=O) groups excluding carboxylic acids is 2. The highest BCUT2D eigenvalue weighted by Gasteiger charge is 2.29. The lowest BCUT2D eigenvalue weighted by molar-refractivity contribution is -0.124. The van der Waals surface area contributed by atoms with Crippen molar-refractivity contribution in [2.45, 2.75) is 45.7 Å². The Bertz CT molecular complexity index is 863. The first-order chi connectivity index (χ1) is 14.9. The van der Waals surface area contributed by atoms with Gasteiger partial charge in [-0.15, -0.1) is 11.3 Å². The molecule has 1 saturated heterocycles. The van der Waals surface area contributed by atoms with Crippen LogP contribution in [0.25, 0.3) is 0 Å². The van der Waals surface area contributed by atoms with Crippen LogP contribution in [0, 0.1) is 11.8 Å². The summed E-state index contributed by atoms with van der Waals surface area (Å²) in [5, 5.41) is 8.44. The molecule has 2 atom stereocenters. The maximum Gasteiger partial charge on any atom is 0.253 e. The number of hydrogen-bond acceptors (Lipinski definition) is 4. The van der Waals surface area contributed by atoms with Crippen LogP contribution in [0.2, 0.25) is 5.02 Å². The summed E-state index contributed by atoms with van der Waals surface area (Å²) in [5.41, 5.74) is 0.376. The fraction of sp³-hybridized carbons (Fsp3) is 0.500. The second-order valence-corrected chi connectivity index (χ2v) is 10.1. The normalized spacial score (nSPS) is 17.3. The molecule has 31 heavy (non-hydrogen) atoms. The Kier molecular flexibility index (Phi) is 8.52. The molecule has 1 fully saturated rings. The summed E-state index contributed by atoms with van der Waals surface area (Å²) in [6.07, 6.45) is 2.36. The van der Waals surface area contributed by atoms with Gasteiger partial charge in [0, 0.05) is 11.4 Å². The van der Waals surface area contributed by atoms with Gasteiger partial charge in [0.05, 0.1) is 16.6 Å². The third-order valence-corrected chi connectivity index (χ3v) is 7.26. The van der Waals surface area contributed by atoms with Gasteiger partial charge in [-0.3, -0.25) is 14.5 Å². The van der Waals surface area contributed by atoms with Gasteiger partial charge in [0.25, 0.3) is 5.91 Å². The van der Waals surface area contributed by atoms with Gasteiger partial charge in [0.15, 0.2) is 0 Å². The third-order valence-electron chi connectivity index (χ3n) is 5.95. The number of thiophene rings is 1. The number of piperidine rings is 1. The Morgan fingerprint density at radius 1 is 1.16 bits per heavy atom. The zero-order valence-corrected chi connectivity index (χ0v) is 20.0. The van der Waals surface area contributed by atoms with Crippen molar-refractivity contribution < 1.29 is 9.59 Å². The summed E-state index contributed by atoms with van der Waals surface area (Å²) in [4.78, 5) is 29.5. The quantitative estimate of drug-likeness (QED) is 0.596. The predicted molar refractivity (Wildman–Crippen MR) is 128 cm³/mol. The van der Waals surface area contributed by atoms with Crippen molar-refractivity contribution in [3.05, 3.63) is 57.2 Å². The summed E-state index contributed by atoms with van der Waals surface area (Å²) in [6.45, 7) is 8.76. The molecular formula is C24H32ClN3O2S. The van der Waals surface area contributed by atoms with E-state index in [4.69, 9.17) is 11.6 Å². The standard InChI is InChI=1S/C24H32ClN3O2S/c1-16(2)22(27-23(29)18-7-4-5-8-19(18)25)24(30)26-15-20(21-9-6-14-31-21)28-12-10-17(3)11-13-28/h4-9,14,16-17,20,22H,10-13,15H2,1-3H3,(H,26,30)(H,27,29)/t20-,22+/m0/s1. The molecule has 2 aromatic rings. The molecule has 1 aromatic carbocycles. The summed E-state index contributed by atoms with van der Waals surface area (Å²) in [6, 6.07) is 10.6. The van der Waals surface area contributed by atoms with Gasteiger partial charge in [-0.2, -0.15) is 0 Å². The van der Waals surface area contributed by atoms with Crippen molar-refractivity contribution in [2.75, 3.05) is 19.6 Å². The van der Waals surface area contributed by atoms with E-state index in [-0.39, 0.29) is 23.8 Å². The third kappa shape index (κ3) is 6.31. The number of carbonyl (C=O) groups is 2. The highest BCUT2D eigenvalue weighted by atomic mass is 35.5. The van der Waals surface area contributed by atoms with E-state index in [0.29, 0.717) is 17.1 Å². The summed E-state index contributed by atoms with van der Waals surface area (Å²) in [7, 11) is 0.